The maximum absolute atomic E-state index is 13.0. The van der Waals surface area contributed by atoms with Crippen molar-refractivity contribution >= 4 is 27.8 Å². The van der Waals surface area contributed by atoms with Crippen molar-refractivity contribution in [2.75, 3.05) is 0 Å². The first-order valence-electron chi connectivity index (χ1n) is 3.73. The van der Waals surface area contributed by atoms with Crippen molar-refractivity contribution in [3.63, 3.8) is 0 Å². The van der Waals surface area contributed by atoms with Crippen LogP contribution < -0.4 is 0 Å². The Bertz CT molecular complexity index is 358. The lowest BCUT2D eigenvalue weighted by molar-refractivity contribution is -0.112. The fourth-order valence-corrected chi connectivity index (χ4v) is 1.23. The quantitative estimate of drug-likeness (QED) is 0.729. The lowest BCUT2D eigenvalue weighted by Gasteiger charge is -1.96. The second kappa shape index (κ2) is 4.33. The van der Waals surface area contributed by atoms with Crippen LogP contribution in [0.3, 0.4) is 0 Å². The van der Waals surface area contributed by atoms with Crippen LogP contribution in [-0.4, -0.2) is 5.78 Å². The molecule has 0 aliphatic carbocycles. The van der Waals surface area contributed by atoms with E-state index in [-0.39, 0.29) is 11.6 Å². The van der Waals surface area contributed by atoms with Crippen LogP contribution in [0.1, 0.15) is 12.5 Å². The molecule has 0 radical (unpaired) electrons. The van der Waals surface area contributed by atoms with Gasteiger partial charge in [0, 0.05) is 10.0 Å². The monoisotopic (exact) mass is 242 g/mol. The normalized spacial score (nSPS) is 10.7. The molecule has 0 saturated heterocycles. The molecular formula is C10H8BrFO. The third-order valence-corrected chi connectivity index (χ3v) is 1.95. The molecule has 0 amide bonds. The zero-order chi connectivity index (χ0) is 9.84. The minimum atomic E-state index is -0.333. The summed E-state index contributed by atoms with van der Waals surface area (Å²) < 4.78 is 13.8. The van der Waals surface area contributed by atoms with Gasteiger partial charge in [0.25, 0.3) is 0 Å². The summed E-state index contributed by atoms with van der Waals surface area (Å²) in [5.74, 6) is -0.430. The van der Waals surface area contributed by atoms with Crippen molar-refractivity contribution in [3.05, 3.63) is 40.1 Å². The van der Waals surface area contributed by atoms with Gasteiger partial charge in [-0.1, -0.05) is 15.9 Å². The molecule has 1 nitrogen and oxygen atoms in total. The molecule has 0 aliphatic rings. The summed E-state index contributed by atoms with van der Waals surface area (Å²) in [5.41, 5.74) is 0.407. The number of allylic oxidation sites excluding steroid dienone is 1. The molecule has 0 aliphatic heterocycles. The molecule has 68 valence electrons. The zero-order valence-corrected chi connectivity index (χ0v) is 8.64. The third-order valence-electron chi connectivity index (χ3n) is 1.46. The summed E-state index contributed by atoms with van der Waals surface area (Å²) in [6.07, 6.45) is 2.80. The molecule has 0 heterocycles. The summed E-state index contributed by atoms with van der Waals surface area (Å²) in [4.78, 5) is 10.6. The van der Waals surface area contributed by atoms with Crippen molar-refractivity contribution in [1.29, 1.82) is 0 Å². The Kier molecular flexibility index (Phi) is 3.37. The van der Waals surface area contributed by atoms with E-state index in [1.807, 2.05) is 0 Å². The van der Waals surface area contributed by atoms with E-state index in [2.05, 4.69) is 15.9 Å². The van der Waals surface area contributed by atoms with Crippen molar-refractivity contribution in [2.24, 2.45) is 0 Å². The predicted octanol–water partition coefficient (Wildman–Crippen LogP) is 3.19. The van der Waals surface area contributed by atoms with Gasteiger partial charge in [0.2, 0.25) is 0 Å². The average molecular weight is 243 g/mol. The molecule has 0 atom stereocenters. The number of carbonyl (C=O) groups is 1. The van der Waals surface area contributed by atoms with Gasteiger partial charge in [-0.15, -0.1) is 0 Å². The van der Waals surface area contributed by atoms with E-state index < -0.39 is 0 Å². The third kappa shape index (κ3) is 3.11. The number of rotatable bonds is 2. The molecule has 3 heteroatoms. The fraction of sp³-hybridized carbons (Fsp3) is 0.100. The van der Waals surface area contributed by atoms with Gasteiger partial charge < -0.3 is 0 Å². The van der Waals surface area contributed by atoms with E-state index >= 15 is 0 Å². The van der Waals surface area contributed by atoms with Crippen LogP contribution >= 0.6 is 15.9 Å². The van der Waals surface area contributed by atoms with E-state index in [9.17, 15) is 9.18 Å². The highest BCUT2D eigenvalue weighted by Gasteiger charge is 1.98. The maximum Gasteiger partial charge on any atom is 0.152 e. The van der Waals surface area contributed by atoms with E-state index in [1.54, 1.807) is 12.1 Å². The van der Waals surface area contributed by atoms with Crippen molar-refractivity contribution in [1.82, 2.24) is 0 Å². The Hall–Kier alpha value is -0.960. The van der Waals surface area contributed by atoms with Crippen LogP contribution in [-0.2, 0) is 4.79 Å². The highest BCUT2D eigenvalue weighted by molar-refractivity contribution is 9.10. The second-order valence-corrected chi connectivity index (χ2v) is 3.53. The number of halogens is 2. The Labute approximate surface area is 84.4 Å². The molecule has 0 bridgehead atoms. The Morgan fingerprint density at radius 3 is 2.85 bits per heavy atom. The van der Waals surface area contributed by atoms with Crippen LogP contribution in [0.5, 0.6) is 0 Å². The molecule has 0 N–H and O–H groups in total. The molecule has 0 fully saturated rings. The van der Waals surface area contributed by atoms with Gasteiger partial charge in [0.05, 0.1) is 0 Å². The Morgan fingerprint density at radius 1 is 1.54 bits per heavy atom. The molecule has 1 aromatic carbocycles. The Morgan fingerprint density at radius 2 is 2.23 bits per heavy atom. The van der Waals surface area contributed by atoms with Crippen LogP contribution in [0.2, 0.25) is 0 Å². The lowest BCUT2D eigenvalue weighted by Crippen LogP contribution is -1.84. The SMILES string of the molecule is CC(=O)/C=C/c1cc(Br)ccc1F. The van der Waals surface area contributed by atoms with Gasteiger partial charge in [-0.05, 0) is 37.3 Å². The summed E-state index contributed by atoms with van der Waals surface area (Å²) in [6.45, 7) is 1.42. The summed E-state index contributed by atoms with van der Waals surface area (Å²) in [6, 6.07) is 4.58. The second-order valence-electron chi connectivity index (χ2n) is 2.61. The van der Waals surface area contributed by atoms with Gasteiger partial charge in [-0.3, -0.25) is 4.79 Å². The topological polar surface area (TPSA) is 17.1 Å². The molecule has 1 rings (SSSR count). The summed E-state index contributed by atoms with van der Waals surface area (Å²) >= 11 is 3.22. The van der Waals surface area contributed by atoms with Gasteiger partial charge >= 0.3 is 0 Å². The van der Waals surface area contributed by atoms with Crippen LogP contribution in [0.25, 0.3) is 6.08 Å². The smallest absolute Gasteiger partial charge is 0.152 e. The Balaban J connectivity index is 3.00. The van der Waals surface area contributed by atoms with Crippen LogP contribution in [0.15, 0.2) is 28.7 Å². The van der Waals surface area contributed by atoms with Gasteiger partial charge in [-0.2, -0.15) is 0 Å². The van der Waals surface area contributed by atoms with E-state index in [4.69, 9.17) is 0 Å². The number of ketones is 1. The first kappa shape index (κ1) is 10.1. The highest BCUT2D eigenvalue weighted by Crippen LogP contribution is 2.16. The number of benzene rings is 1. The van der Waals surface area contributed by atoms with Crippen molar-refractivity contribution in [2.45, 2.75) is 6.92 Å². The van der Waals surface area contributed by atoms with Gasteiger partial charge in [0.15, 0.2) is 5.78 Å². The number of hydrogen-bond donors (Lipinski definition) is 0. The standard InChI is InChI=1S/C10H8BrFO/c1-7(13)2-3-8-6-9(11)4-5-10(8)12/h2-6H,1H3/b3-2+. The minimum absolute atomic E-state index is 0.0978. The van der Waals surface area contributed by atoms with E-state index in [1.165, 1.54) is 25.1 Å². The zero-order valence-electron chi connectivity index (χ0n) is 7.05. The number of hydrogen-bond acceptors (Lipinski definition) is 1. The van der Waals surface area contributed by atoms with Gasteiger partial charge in [0.1, 0.15) is 5.82 Å². The van der Waals surface area contributed by atoms with Crippen molar-refractivity contribution in [3.8, 4) is 0 Å². The van der Waals surface area contributed by atoms with Crippen molar-refractivity contribution < 1.29 is 9.18 Å². The van der Waals surface area contributed by atoms with E-state index in [0.717, 1.165) is 4.47 Å². The molecule has 0 saturated carbocycles. The predicted molar refractivity (Wildman–Crippen MR) is 53.8 cm³/mol. The summed E-state index contributed by atoms with van der Waals surface area (Å²) in [5, 5.41) is 0. The lowest BCUT2D eigenvalue weighted by atomic mass is 10.2. The maximum atomic E-state index is 13.0. The molecule has 0 aromatic heterocycles. The first-order valence-corrected chi connectivity index (χ1v) is 4.52. The average Bonchev–Trinajstić information content (AvgIpc) is 2.06. The summed E-state index contributed by atoms with van der Waals surface area (Å²) in [7, 11) is 0. The van der Waals surface area contributed by atoms with Gasteiger partial charge in [-0.25, -0.2) is 4.39 Å². The highest BCUT2D eigenvalue weighted by atomic mass is 79.9. The minimum Gasteiger partial charge on any atom is -0.295 e. The molecule has 0 unspecified atom stereocenters. The molecule has 13 heavy (non-hydrogen) atoms. The molecular weight excluding hydrogens is 235 g/mol. The number of carbonyl (C=O) groups excluding carboxylic acids is 1. The van der Waals surface area contributed by atoms with E-state index in [0.29, 0.717) is 5.56 Å². The fourth-order valence-electron chi connectivity index (χ4n) is 0.849. The molecule has 1 aromatic rings. The first-order chi connectivity index (χ1) is 6.09. The molecule has 0 spiro atoms. The van der Waals surface area contributed by atoms with Crippen LogP contribution in [0, 0.1) is 5.82 Å². The van der Waals surface area contributed by atoms with Crippen LogP contribution in [0.4, 0.5) is 4.39 Å². The largest absolute Gasteiger partial charge is 0.295 e.